The van der Waals surface area contributed by atoms with Crippen molar-refractivity contribution in [2.24, 2.45) is 0 Å². The highest BCUT2D eigenvalue weighted by Crippen LogP contribution is 2.12. The number of carbonyl (C=O) groups excluding carboxylic acids is 2. The minimum Gasteiger partial charge on any atom is -0.302 e. The zero-order valence-corrected chi connectivity index (χ0v) is 7.59. The van der Waals surface area contributed by atoms with Gasteiger partial charge < -0.3 is 4.79 Å². The first-order chi connectivity index (χ1) is 7.19. The summed E-state index contributed by atoms with van der Waals surface area (Å²) in [6.45, 7) is 0. The van der Waals surface area contributed by atoms with E-state index in [2.05, 4.69) is 11.8 Å². The number of hydrogen-bond donors (Lipinski definition) is 0. The SMILES string of the molecule is O=CCC#Cc1cc(F)c(C=O)c(F)c1. The lowest BCUT2D eigenvalue weighted by atomic mass is 10.1. The quantitative estimate of drug-likeness (QED) is 0.547. The van der Waals surface area contributed by atoms with Crippen LogP contribution in [0, 0.1) is 23.5 Å². The fraction of sp³-hybridized carbons (Fsp3) is 0.0909. The molecule has 0 aliphatic carbocycles. The van der Waals surface area contributed by atoms with Gasteiger partial charge in [0, 0.05) is 5.56 Å². The van der Waals surface area contributed by atoms with Gasteiger partial charge in [-0.05, 0) is 12.1 Å². The second-order valence-corrected chi connectivity index (χ2v) is 2.64. The van der Waals surface area contributed by atoms with E-state index in [1.165, 1.54) is 0 Å². The number of rotatable bonds is 2. The first-order valence-electron chi connectivity index (χ1n) is 4.05. The average Bonchev–Trinajstić information content (AvgIpc) is 2.18. The van der Waals surface area contributed by atoms with Gasteiger partial charge in [0.15, 0.2) is 6.29 Å². The van der Waals surface area contributed by atoms with E-state index >= 15 is 0 Å². The van der Waals surface area contributed by atoms with Gasteiger partial charge in [0.2, 0.25) is 0 Å². The Bertz CT molecular complexity index is 432. The molecule has 15 heavy (non-hydrogen) atoms. The second kappa shape index (κ2) is 5.01. The summed E-state index contributed by atoms with van der Waals surface area (Å²) < 4.78 is 26.0. The van der Waals surface area contributed by atoms with Gasteiger partial charge >= 0.3 is 0 Å². The molecular formula is C11H6F2O2. The van der Waals surface area contributed by atoms with E-state index in [1.807, 2.05) is 0 Å². The number of carbonyl (C=O) groups is 2. The molecule has 0 radical (unpaired) electrons. The van der Waals surface area contributed by atoms with Crippen LogP contribution in [-0.2, 0) is 4.79 Å². The Balaban J connectivity index is 3.10. The lowest BCUT2D eigenvalue weighted by Crippen LogP contribution is -1.94. The molecular weight excluding hydrogens is 202 g/mol. The Morgan fingerprint density at radius 1 is 1.20 bits per heavy atom. The highest BCUT2D eigenvalue weighted by molar-refractivity contribution is 5.76. The zero-order chi connectivity index (χ0) is 11.3. The highest BCUT2D eigenvalue weighted by atomic mass is 19.1. The molecule has 0 saturated heterocycles. The van der Waals surface area contributed by atoms with Crippen molar-refractivity contribution in [3.63, 3.8) is 0 Å². The molecule has 0 spiro atoms. The minimum atomic E-state index is -0.958. The fourth-order valence-corrected chi connectivity index (χ4v) is 0.964. The van der Waals surface area contributed by atoms with Crippen molar-refractivity contribution < 1.29 is 18.4 Å². The maximum absolute atomic E-state index is 13.0. The largest absolute Gasteiger partial charge is 0.302 e. The molecule has 0 atom stereocenters. The minimum absolute atomic E-state index is 0.00132. The third kappa shape index (κ3) is 2.71. The highest BCUT2D eigenvalue weighted by Gasteiger charge is 2.08. The van der Waals surface area contributed by atoms with E-state index < -0.39 is 17.2 Å². The van der Waals surface area contributed by atoms with E-state index in [9.17, 15) is 18.4 Å². The summed E-state index contributed by atoms with van der Waals surface area (Å²) in [5, 5.41) is 0. The summed E-state index contributed by atoms with van der Waals surface area (Å²) in [6, 6.07) is 1.90. The number of hydrogen-bond acceptors (Lipinski definition) is 2. The molecule has 0 saturated carbocycles. The van der Waals surface area contributed by atoms with Gasteiger partial charge in [-0.3, -0.25) is 4.79 Å². The fourth-order valence-electron chi connectivity index (χ4n) is 0.964. The van der Waals surface area contributed by atoms with Crippen molar-refractivity contribution in [1.82, 2.24) is 0 Å². The Morgan fingerprint density at radius 3 is 2.27 bits per heavy atom. The summed E-state index contributed by atoms with van der Waals surface area (Å²) in [7, 11) is 0. The first-order valence-corrected chi connectivity index (χ1v) is 4.05. The van der Waals surface area contributed by atoms with Crippen LogP contribution in [0.3, 0.4) is 0 Å². The molecule has 0 aliphatic rings. The Kier molecular flexibility index (Phi) is 3.69. The van der Waals surface area contributed by atoms with Gasteiger partial charge in [-0.15, -0.1) is 0 Å². The summed E-state index contributed by atoms with van der Waals surface area (Å²) in [5.41, 5.74) is -0.520. The second-order valence-electron chi connectivity index (χ2n) is 2.64. The molecule has 0 fully saturated rings. The number of halogens is 2. The van der Waals surface area contributed by atoms with Gasteiger partial charge in [0.1, 0.15) is 17.9 Å². The van der Waals surface area contributed by atoms with Crippen molar-refractivity contribution in [1.29, 1.82) is 0 Å². The molecule has 0 amide bonds. The summed E-state index contributed by atoms with van der Waals surface area (Å²) in [5.74, 6) is 2.89. The summed E-state index contributed by atoms with van der Waals surface area (Å²) in [6.07, 6.45) is 0.686. The average molecular weight is 208 g/mol. The van der Waals surface area contributed by atoms with Crippen molar-refractivity contribution in [2.75, 3.05) is 0 Å². The number of aldehydes is 2. The van der Waals surface area contributed by atoms with E-state index in [4.69, 9.17) is 0 Å². The van der Waals surface area contributed by atoms with Gasteiger partial charge in [-0.25, -0.2) is 8.78 Å². The van der Waals surface area contributed by atoms with Crippen LogP contribution in [0.15, 0.2) is 12.1 Å². The molecule has 0 aliphatic heterocycles. The number of benzene rings is 1. The van der Waals surface area contributed by atoms with Gasteiger partial charge in [0.25, 0.3) is 0 Å². The predicted molar refractivity (Wildman–Crippen MR) is 49.3 cm³/mol. The van der Waals surface area contributed by atoms with Crippen LogP contribution in [0.4, 0.5) is 8.78 Å². The van der Waals surface area contributed by atoms with Crippen molar-refractivity contribution in [2.45, 2.75) is 6.42 Å². The molecule has 0 aromatic heterocycles. The predicted octanol–water partition coefficient (Wildman–Crippen LogP) is 1.72. The summed E-state index contributed by atoms with van der Waals surface area (Å²) >= 11 is 0. The van der Waals surface area contributed by atoms with Gasteiger partial charge in [-0.1, -0.05) is 11.8 Å². The van der Waals surface area contributed by atoms with Crippen LogP contribution < -0.4 is 0 Å². The van der Waals surface area contributed by atoms with E-state index in [1.54, 1.807) is 0 Å². The van der Waals surface area contributed by atoms with E-state index in [0.29, 0.717) is 6.29 Å². The van der Waals surface area contributed by atoms with Crippen molar-refractivity contribution >= 4 is 12.6 Å². The Hall–Kier alpha value is -2.02. The smallest absolute Gasteiger partial charge is 0.155 e. The molecule has 0 unspecified atom stereocenters. The van der Waals surface area contributed by atoms with Crippen LogP contribution >= 0.6 is 0 Å². The molecule has 1 rings (SSSR count). The van der Waals surface area contributed by atoms with Crippen molar-refractivity contribution in [3.05, 3.63) is 34.9 Å². The van der Waals surface area contributed by atoms with E-state index in [0.717, 1.165) is 12.1 Å². The zero-order valence-electron chi connectivity index (χ0n) is 7.59. The molecule has 1 aromatic rings. The molecule has 4 heteroatoms. The van der Waals surface area contributed by atoms with Crippen LogP contribution in [-0.4, -0.2) is 12.6 Å². The standard InChI is InChI=1S/C11H6F2O2/c12-10-5-8(3-1-2-4-14)6-11(13)9(10)7-15/h4-7H,2H2. The first kappa shape index (κ1) is 11.1. The lowest BCUT2D eigenvalue weighted by Gasteiger charge is -1.97. The van der Waals surface area contributed by atoms with Crippen molar-refractivity contribution in [3.8, 4) is 11.8 Å². The van der Waals surface area contributed by atoms with E-state index in [-0.39, 0.29) is 18.3 Å². The molecule has 0 heterocycles. The maximum Gasteiger partial charge on any atom is 0.155 e. The van der Waals surface area contributed by atoms with Gasteiger partial charge in [-0.2, -0.15) is 0 Å². The molecule has 1 aromatic carbocycles. The lowest BCUT2D eigenvalue weighted by molar-refractivity contribution is -0.107. The molecule has 0 bridgehead atoms. The van der Waals surface area contributed by atoms with Crippen LogP contribution in [0.1, 0.15) is 22.3 Å². The van der Waals surface area contributed by atoms with Crippen LogP contribution in [0.25, 0.3) is 0 Å². The third-order valence-electron chi connectivity index (χ3n) is 1.62. The molecule has 0 N–H and O–H groups in total. The monoisotopic (exact) mass is 208 g/mol. The molecule has 76 valence electrons. The Morgan fingerprint density at radius 2 is 1.80 bits per heavy atom. The normalized spacial score (nSPS) is 8.93. The molecule has 2 nitrogen and oxygen atoms in total. The Labute approximate surface area is 84.9 Å². The van der Waals surface area contributed by atoms with Crippen LogP contribution in [0.5, 0.6) is 0 Å². The topological polar surface area (TPSA) is 34.1 Å². The summed E-state index contributed by atoms with van der Waals surface area (Å²) in [4.78, 5) is 20.2. The third-order valence-corrected chi connectivity index (χ3v) is 1.62. The van der Waals surface area contributed by atoms with Gasteiger partial charge in [0.05, 0.1) is 12.0 Å². The van der Waals surface area contributed by atoms with Crippen LogP contribution in [0.2, 0.25) is 0 Å². The maximum atomic E-state index is 13.0.